The lowest BCUT2D eigenvalue weighted by atomic mass is 9.86. The third kappa shape index (κ3) is 7.22. The van der Waals surface area contributed by atoms with E-state index in [1.54, 1.807) is 14.2 Å². The third-order valence-corrected chi connectivity index (χ3v) is 10.4. The predicted octanol–water partition coefficient (Wildman–Crippen LogP) is 7.08. The number of anilines is 2. The molecule has 4 aliphatic carbocycles. The van der Waals surface area contributed by atoms with Crippen LogP contribution in [-0.4, -0.2) is 39.2 Å². The van der Waals surface area contributed by atoms with E-state index in [-0.39, 0.29) is 11.8 Å². The van der Waals surface area contributed by atoms with E-state index < -0.39 is 0 Å². The first-order valence-corrected chi connectivity index (χ1v) is 16.2. The normalized spacial score (nSPS) is 26.7. The Labute approximate surface area is 255 Å². The van der Waals surface area contributed by atoms with Crippen molar-refractivity contribution in [2.24, 2.45) is 35.5 Å². The number of hydrogen-bond donors (Lipinski definition) is 2. The van der Waals surface area contributed by atoms with Crippen LogP contribution in [0.2, 0.25) is 0 Å². The van der Waals surface area contributed by atoms with E-state index in [1.807, 2.05) is 36.4 Å². The van der Waals surface area contributed by atoms with Gasteiger partial charge in [-0.1, -0.05) is 12.8 Å². The van der Waals surface area contributed by atoms with Gasteiger partial charge >= 0.3 is 0 Å². The number of benzene rings is 2. The Morgan fingerprint density at radius 3 is 1.49 bits per heavy atom. The van der Waals surface area contributed by atoms with Crippen LogP contribution >= 0.6 is 0 Å². The lowest BCUT2D eigenvalue weighted by Gasteiger charge is -2.21. The van der Waals surface area contributed by atoms with E-state index in [1.165, 1.54) is 51.4 Å². The molecule has 0 saturated heterocycles. The predicted molar refractivity (Wildman–Crippen MR) is 166 cm³/mol. The van der Waals surface area contributed by atoms with Crippen molar-refractivity contribution in [3.63, 3.8) is 0 Å². The van der Waals surface area contributed by atoms with Gasteiger partial charge in [0, 0.05) is 42.8 Å². The molecule has 0 aromatic heterocycles. The van der Waals surface area contributed by atoms with E-state index in [9.17, 15) is 9.59 Å². The van der Waals surface area contributed by atoms with Crippen LogP contribution in [0, 0.1) is 35.5 Å². The van der Waals surface area contributed by atoms with E-state index in [0.717, 1.165) is 35.0 Å². The number of carbonyl (C=O) groups is 2. The van der Waals surface area contributed by atoms with Crippen LogP contribution in [0.5, 0.6) is 23.0 Å². The van der Waals surface area contributed by atoms with Crippen LogP contribution in [0.4, 0.5) is 11.4 Å². The fourth-order valence-electron chi connectivity index (χ4n) is 8.31. The molecule has 4 bridgehead atoms. The first-order chi connectivity index (χ1) is 21.0. The van der Waals surface area contributed by atoms with Gasteiger partial charge in [-0.25, -0.2) is 0 Å². The van der Waals surface area contributed by atoms with Crippen molar-refractivity contribution >= 4 is 23.2 Å². The Balaban J connectivity index is 0.923. The summed E-state index contributed by atoms with van der Waals surface area (Å²) in [6, 6.07) is 11.0. The van der Waals surface area contributed by atoms with Crippen molar-refractivity contribution in [1.29, 1.82) is 0 Å². The number of amides is 2. The lowest BCUT2D eigenvalue weighted by molar-refractivity contribution is -0.118. The molecule has 0 radical (unpaired) electrons. The highest BCUT2D eigenvalue weighted by atomic mass is 16.5. The molecule has 8 heteroatoms. The van der Waals surface area contributed by atoms with Gasteiger partial charge in [0.25, 0.3) is 0 Å². The van der Waals surface area contributed by atoms with Gasteiger partial charge in [0.1, 0.15) is 0 Å². The molecule has 0 unspecified atom stereocenters. The van der Waals surface area contributed by atoms with Crippen LogP contribution in [0.25, 0.3) is 0 Å². The average molecular weight is 591 g/mol. The van der Waals surface area contributed by atoms with Gasteiger partial charge < -0.3 is 29.6 Å². The minimum atomic E-state index is 0.0759. The largest absolute Gasteiger partial charge is 0.493 e. The van der Waals surface area contributed by atoms with Crippen molar-refractivity contribution in [1.82, 2.24) is 0 Å². The summed E-state index contributed by atoms with van der Waals surface area (Å²) in [6.07, 6.45) is 12.1. The monoisotopic (exact) mass is 590 g/mol. The van der Waals surface area contributed by atoms with Crippen LogP contribution in [0.15, 0.2) is 36.4 Å². The minimum Gasteiger partial charge on any atom is -0.493 e. The zero-order valence-electron chi connectivity index (χ0n) is 25.6. The maximum Gasteiger partial charge on any atom is 0.224 e. The number of ether oxygens (including phenoxy) is 4. The van der Waals surface area contributed by atoms with Gasteiger partial charge in [-0.3, -0.25) is 9.59 Å². The molecule has 0 spiro atoms. The Kier molecular flexibility index (Phi) is 9.29. The van der Waals surface area contributed by atoms with Gasteiger partial charge in [-0.15, -0.1) is 0 Å². The molecule has 2 aromatic rings. The highest BCUT2D eigenvalue weighted by Gasteiger charge is 2.41. The molecule has 6 atom stereocenters. The molecule has 4 saturated carbocycles. The topological polar surface area (TPSA) is 95.1 Å². The molecule has 2 amide bonds. The first kappa shape index (κ1) is 29.6. The standard InChI is InChI=1S/C35H46N2O6/c1-40-32-20-28(36-34(38)18-26-16-22-4-6-24(26)14-22)8-10-30(32)42-12-3-13-43-31-11-9-29(21-33(31)41-2)37-35(39)19-27-17-23-5-7-25(27)15-23/h8-11,20-27H,3-7,12-19H2,1-2H3,(H,36,38)(H,37,39)/t22-,23+,24-,25-,26+,27+/m1/s1. The number of nitrogens with one attached hydrogen (secondary N) is 2. The SMILES string of the molecule is COc1cc(NC(=O)C[C@@H]2C[C@@H]3CC[C@@H]2C3)ccc1OCCCOc1ccc(NC(=O)C[C@@H]2C[C@H]3CC[C@@H]2C3)cc1OC. The molecule has 43 heavy (non-hydrogen) atoms. The fourth-order valence-corrected chi connectivity index (χ4v) is 8.31. The Hall–Kier alpha value is -3.42. The molecule has 4 aliphatic rings. The smallest absolute Gasteiger partial charge is 0.224 e. The second-order valence-corrected chi connectivity index (χ2v) is 13.2. The van der Waals surface area contributed by atoms with Crippen molar-refractivity contribution in [3.05, 3.63) is 36.4 Å². The quantitative estimate of drug-likeness (QED) is 0.228. The molecule has 4 fully saturated rings. The number of fused-ring (bicyclic) bond motifs is 4. The molecule has 8 nitrogen and oxygen atoms in total. The van der Waals surface area contributed by atoms with Crippen molar-refractivity contribution < 1.29 is 28.5 Å². The highest BCUT2D eigenvalue weighted by Crippen LogP contribution is 2.50. The Bertz CT molecular complexity index is 1200. The molecule has 0 heterocycles. The first-order valence-electron chi connectivity index (χ1n) is 16.2. The van der Waals surface area contributed by atoms with Crippen LogP contribution in [0.3, 0.4) is 0 Å². The second-order valence-electron chi connectivity index (χ2n) is 13.2. The maximum absolute atomic E-state index is 12.7. The zero-order chi connectivity index (χ0) is 29.8. The van der Waals surface area contributed by atoms with Gasteiger partial charge in [0.15, 0.2) is 23.0 Å². The van der Waals surface area contributed by atoms with Crippen molar-refractivity contribution in [3.8, 4) is 23.0 Å². The second kappa shape index (κ2) is 13.5. The van der Waals surface area contributed by atoms with Gasteiger partial charge in [0.05, 0.1) is 27.4 Å². The molecule has 2 aromatic carbocycles. The average Bonchev–Trinajstić information content (AvgIpc) is 3.81. The summed E-state index contributed by atoms with van der Waals surface area (Å²) < 4.78 is 23.0. The lowest BCUT2D eigenvalue weighted by Crippen LogP contribution is -2.20. The summed E-state index contributed by atoms with van der Waals surface area (Å²) >= 11 is 0. The van der Waals surface area contributed by atoms with Gasteiger partial charge in [-0.2, -0.15) is 0 Å². The summed E-state index contributed by atoms with van der Waals surface area (Å²) in [5.74, 6) is 6.78. The summed E-state index contributed by atoms with van der Waals surface area (Å²) in [4.78, 5) is 25.3. The van der Waals surface area contributed by atoms with E-state index in [4.69, 9.17) is 18.9 Å². The van der Waals surface area contributed by atoms with Crippen LogP contribution < -0.4 is 29.6 Å². The van der Waals surface area contributed by atoms with Crippen molar-refractivity contribution in [2.75, 3.05) is 38.1 Å². The van der Waals surface area contributed by atoms with E-state index >= 15 is 0 Å². The maximum atomic E-state index is 12.7. The van der Waals surface area contributed by atoms with E-state index in [0.29, 0.717) is 67.3 Å². The third-order valence-electron chi connectivity index (χ3n) is 10.4. The Morgan fingerprint density at radius 1 is 0.651 bits per heavy atom. The summed E-state index contributed by atoms with van der Waals surface area (Å²) in [7, 11) is 3.20. The van der Waals surface area contributed by atoms with Gasteiger partial charge in [0.2, 0.25) is 11.8 Å². The zero-order valence-corrected chi connectivity index (χ0v) is 25.6. The fraction of sp³-hybridized carbons (Fsp3) is 0.600. The summed E-state index contributed by atoms with van der Waals surface area (Å²) in [5.41, 5.74) is 1.44. The van der Waals surface area contributed by atoms with E-state index in [2.05, 4.69) is 10.6 Å². The summed E-state index contributed by atoms with van der Waals surface area (Å²) in [6.45, 7) is 0.873. The molecular weight excluding hydrogens is 544 g/mol. The summed E-state index contributed by atoms with van der Waals surface area (Å²) in [5, 5.41) is 6.08. The number of methoxy groups -OCH3 is 2. The number of rotatable bonds is 14. The molecular formula is C35H46N2O6. The highest BCUT2D eigenvalue weighted by molar-refractivity contribution is 5.92. The molecule has 6 rings (SSSR count). The number of hydrogen-bond acceptors (Lipinski definition) is 6. The minimum absolute atomic E-state index is 0.0759. The van der Waals surface area contributed by atoms with Crippen LogP contribution in [-0.2, 0) is 9.59 Å². The number of carbonyl (C=O) groups excluding carboxylic acids is 2. The van der Waals surface area contributed by atoms with Crippen molar-refractivity contribution in [2.45, 2.75) is 70.6 Å². The molecule has 232 valence electrons. The Morgan fingerprint density at radius 2 is 1.12 bits per heavy atom. The molecule has 2 N–H and O–H groups in total. The van der Waals surface area contributed by atoms with Crippen LogP contribution in [0.1, 0.15) is 70.6 Å². The molecule has 0 aliphatic heterocycles. The van der Waals surface area contributed by atoms with Gasteiger partial charge in [-0.05, 0) is 98.3 Å².